The van der Waals surface area contributed by atoms with Crippen LogP contribution in [0.15, 0.2) is 11.0 Å². The molecule has 0 amide bonds. The predicted octanol–water partition coefficient (Wildman–Crippen LogP) is 1.24. The van der Waals surface area contributed by atoms with Crippen molar-refractivity contribution >= 4 is 11.5 Å². The zero-order valence-corrected chi connectivity index (χ0v) is 15.7. The van der Waals surface area contributed by atoms with Crippen molar-refractivity contribution < 1.29 is 4.74 Å². The van der Waals surface area contributed by atoms with Crippen molar-refractivity contribution in [1.82, 2.24) is 24.5 Å². The van der Waals surface area contributed by atoms with Gasteiger partial charge in [0.05, 0.1) is 18.9 Å². The molecule has 0 spiro atoms. The molecular formula is C17H28N6O2. The van der Waals surface area contributed by atoms with Gasteiger partial charge in [0.2, 0.25) is 5.65 Å². The van der Waals surface area contributed by atoms with Crippen LogP contribution >= 0.6 is 0 Å². The zero-order chi connectivity index (χ0) is 18.2. The first-order valence-corrected chi connectivity index (χ1v) is 8.73. The number of ether oxygens (including phenoxy) is 1. The second-order valence-corrected chi connectivity index (χ2v) is 8.21. The average molecular weight is 348 g/mol. The molecule has 1 fully saturated rings. The highest BCUT2D eigenvalue weighted by Crippen LogP contribution is 2.24. The Morgan fingerprint density at radius 1 is 1.24 bits per heavy atom. The number of fused-ring (bicyclic) bond motifs is 1. The quantitative estimate of drug-likeness (QED) is 0.864. The SMILES string of the molecule is CC(C)(C)c1cn2c(=O)[nH]nc2c(NCC(C)(C)N2CCOCC2)n1. The van der Waals surface area contributed by atoms with Gasteiger partial charge in [-0.05, 0) is 13.8 Å². The van der Waals surface area contributed by atoms with E-state index in [-0.39, 0.29) is 16.6 Å². The van der Waals surface area contributed by atoms with E-state index in [0.717, 1.165) is 32.0 Å². The maximum atomic E-state index is 12.0. The number of nitrogens with one attached hydrogen (secondary N) is 2. The Morgan fingerprint density at radius 2 is 1.92 bits per heavy atom. The summed E-state index contributed by atoms with van der Waals surface area (Å²) in [5.41, 5.74) is 0.891. The number of anilines is 1. The molecule has 0 aromatic carbocycles. The molecule has 0 unspecified atom stereocenters. The van der Waals surface area contributed by atoms with E-state index in [0.29, 0.717) is 18.0 Å². The molecule has 3 rings (SSSR count). The van der Waals surface area contributed by atoms with Crippen molar-refractivity contribution in [3.63, 3.8) is 0 Å². The summed E-state index contributed by atoms with van der Waals surface area (Å²) in [6.07, 6.45) is 1.76. The Hall–Kier alpha value is -1.93. The van der Waals surface area contributed by atoms with E-state index >= 15 is 0 Å². The lowest BCUT2D eigenvalue weighted by Crippen LogP contribution is -2.53. The maximum absolute atomic E-state index is 12.0. The largest absolute Gasteiger partial charge is 0.379 e. The highest BCUT2D eigenvalue weighted by Gasteiger charge is 2.29. The molecule has 0 bridgehead atoms. The molecule has 1 aliphatic heterocycles. The number of hydrogen-bond donors (Lipinski definition) is 2. The van der Waals surface area contributed by atoms with E-state index < -0.39 is 0 Å². The fourth-order valence-corrected chi connectivity index (χ4v) is 2.97. The molecular weight excluding hydrogens is 320 g/mol. The monoisotopic (exact) mass is 348 g/mol. The van der Waals surface area contributed by atoms with Gasteiger partial charge >= 0.3 is 5.69 Å². The summed E-state index contributed by atoms with van der Waals surface area (Å²) >= 11 is 0. The first-order valence-electron chi connectivity index (χ1n) is 8.73. The van der Waals surface area contributed by atoms with Crippen LogP contribution in [-0.4, -0.2) is 62.9 Å². The third-order valence-electron chi connectivity index (χ3n) is 4.72. The number of morpholine rings is 1. The molecule has 0 radical (unpaired) electrons. The van der Waals surface area contributed by atoms with Crippen LogP contribution in [0.25, 0.3) is 5.65 Å². The molecule has 2 aromatic rings. The standard InChI is InChI=1S/C17H28N6O2/c1-16(2,3)12-10-23-14(20-21-15(23)24)13(19-12)18-11-17(4,5)22-6-8-25-9-7-22/h10H,6-9,11H2,1-5H3,(H,18,19)(H,21,24). The lowest BCUT2D eigenvalue weighted by molar-refractivity contribution is -0.00570. The van der Waals surface area contributed by atoms with Gasteiger partial charge in [0.25, 0.3) is 0 Å². The molecule has 0 saturated carbocycles. The summed E-state index contributed by atoms with van der Waals surface area (Å²) in [5.74, 6) is 0.632. The number of aromatic nitrogens is 4. The fourth-order valence-electron chi connectivity index (χ4n) is 2.97. The molecule has 2 aromatic heterocycles. The van der Waals surface area contributed by atoms with Crippen LogP contribution in [0, 0.1) is 0 Å². The van der Waals surface area contributed by atoms with E-state index in [9.17, 15) is 4.79 Å². The highest BCUT2D eigenvalue weighted by molar-refractivity contribution is 5.62. The van der Waals surface area contributed by atoms with Gasteiger partial charge in [-0.2, -0.15) is 0 Å². The molecule has 8 nitrogen and oxygen atoms in total. The molecule has 8 heteroatoms. The molecule has 0 aliphatic carbocycles. The summed E-state index contributed by atoms with van der Waals surface area (Å²) in [5, 5.41) is 10.0. The molecule has 2 N–H and O–H groups in total. The Kier molecular flexibility index (Phi) is 4.59. The summed E-state index contributed by atoms with van der Waals surface area (Å²) in [6.45, 7) is 14.7. The number of nitrogens with zero attached hydrogens (tertiary/aromatic N) is 4. The lowest BCUT2D eigenvalue weighted by atomic mass is 9.93. The smallest absolute Gasteiger partial charge is 0.347 e. The van der Waals surface area contributed by atoms with Crippen molar-refractivity contribution in [3.05, 3.63) is 22.4 Å². The van der Waals surface area contributed by atoms with Crippen molar-refractivity contribution in [2.24, 2.45) is 0 Å². The molecule has 25 heavy (non-hydrogen) atoms. The minimum atomic E-state index is -0.251. The van der Waals surface area contributed by atoms with Gasteiger partial charge in [0.15, 0.2) is 5.82 Å². The maximum Gasteiger partial charge on any atom is 0.347 e. The average Bonchev–Trinajstić information content (AvgIpc) is 2.94. The Morgan fingerprint density at radius 3 is 2.56 bits per heavy atom. The molecule has 1 saturated heterocycles. The highest BCUT2D eigenvalue weighted by atomic mass is 16.5. The minimum absolute atomic E-state index is 0.0587. The summed E-state index contributed by atoms with van der Waals surface area (Å²) in [4.78, 5) is 19.2. The van der Waals surface area contributed by atoms with Crippen LogP contribution in [0.2, 0.25) is 0 Å². The molecule has 1 aliphatic rings. The molecule has 138 valence electrons. The fraction of sp³-hybridized carbons (Fsp3) is 0.706. The molecule has 3 heterocycles. The van der Waals surface area contributed by atoms with Gasteiger partial charge in [0.1, 0.15) is 0 Å². The Balaban J connectivity index is 1.88. The number of aromatic amines is 1. The first kappa shape index (κ1) is 17.9. The summed E-state index contributed by atoms with van der Waals surface area (Å²) < 4.78 is 6.97. The topological polar surface area (TPSA) is 87.5 Å². The number of H-pyrrole nitrogens is 1. The van der Waals surface area contributed by atoms with Crippen LogP contribution in [0.3, 0.4) is 0 Å². The van der Waals surface area contributed by atoms with E-state index in [2.05, 4.69) is 55.0 Å². The number of rotatable bonds is 4. The second-order valence-electron chi connectivity index (χ2n) is 8.21. The van der Waals surface area contributed by atoms with Crippen LogP contribution in [-0.2, 0) is 10.2 Å². The minimum Gasteiger partial charge on any atom is -0.379 e. The van der Waals surface area contributed by atoms with Crippen LogP contribution in [0.5, 0.6) is 0 Å². The van der Waals surface area contributed by atoms with Crippen LogP contribution < -0.4 is 11.0 Å². The normalized spacial score (nSPS) is 17.2. The van der Waals surface area contributed by atoms with E-state index in [4.69, 9.17) is 9.72 Å². The first-order chi connectivity index (χ1) is 11.7. The second kappa shape index (κ2) is 6.42. The summed E-state index contributed by atoms with van der Waals surface area (Å²) in [7, 11) is 0. The van der Waals surface area contributed by atoms with E-state index in [1.807, 2.05) is 0 Å². The van der Waals surface area contributed by atoms with E-state index in [1.165, 1.54) is 4.40 Å². The van der Waals surface area contributed by atoms with Crippen LogP contribution in [0.4, 0.5) is 5.82 Å². The molecule has 0 atom stereocenters. The Labute approximate surface area is 147 Å². The summed E-state index contributed by atoms with van der Waals surface area (Å²) in [6, 6.07) is 0. The third-order valence-corrected chi connectivity index (χ3v) is 4.72. The van der Waals surface area contributed by atoms with Gasteiger partial charge in [-0.15, -0.1) is 5.10 Å². The number of hydrogen-bond acceptors (Lipinski definition) is 6. The predicted molar refractivity (Wildman–Crippen MR) is 97.3 cm³/mol. The zero-order valence-electron chi connectivity index (χ0n) is 15.7. The van der Waals surface area contributed by atoms with Crippen molar-refractivity contribution in [2.75, 3.05) is 38.2 Å². The Bertz CT molecular complexity index is 796. The van der Waals surface area contributed by atoms with Crippen molar-refractivity contribution in [3.8, 4) is 0 Å². The van der Waals surface area contributed by atoms with Gasteiger partial charge in [0, 0.05) is 36.8 Å². The van der Waals surface area contributed by atoms with Gasteiger partial charge in [-0.3, -0.25) is 4.90 Å². The van der Waals surface area contributed by atoms with Gasteiger partial charge in [-0.25, -0.2) is 19.3 Å². The van der Waals surface area contributed by atoms with Gasteiger partial charge in [-0.1, -0.05) is 20.8 Å². The van der Waals surface area contributed by atoms with Gasteiger partial charge < -0.3 is 10.1 Å². The van der Waals surface area contributed by atoms with E-state index in [1.54, 1.807) is 6.20 Å². The van der Waals surface area contributed by atoms with Crippen LogP contribution in [0.1, 0.15) is 40.3 Å². The van der Waals surface area contributed by atoms with Crippen molar-refractivity contribution in [2.45, 2.75) is 45.6 Å². The third kappa shape index (κ3) is 3.69. The van der Waals surface area contributed by atoms with Crippen molar-refractivity contribution in [1.29, 1.82) is 0 Å². The lowest BCUT2D eigenvalue weighted by Gasteiger charge is -2.41.